The Kier molecular flexibility index (Phi) is 8.22. The number of benzene rings is 1. The van der Waals surface area contributed by atoms with Crippen molar-refractivity contribution in [1.82, 2.24) is 5.32 Å². The Balaban J connectivity index is 3.22. The van der Waals surface area contributed by atoms with Crippen molar-refractivity contribution in [2.45, 2.75) is 30.2 Å². The lowest BCUT2D eigenvalue weighted by Gasteiger charge is -2.33. The fourth-order valence-electron chi connectivity index (χ4n) is 1.93. The number of nitrogens with one attached hydrogen (secondary N) is 1. The maximum Gasteiger partial charge on any atom is 0.466 e. The van der Waals surface area contributed by atoms with E-state index in [1.54, 1.807) is 11.4 Å². The summed E-state index contributed by atoms with van der Waals surface area (Å²) in [5, 5.41) is -3.38. The molecule has 0 aliphatic carbocycles. The van der Waals surface area contributed by atoms with E-state index in [9.17, 15) is 48.9 Å². The molecule has 1 rings (SSSR count). The fourth-order valence-corrected chi connectivity index (χ4v) is 2.26. The van der Waals surface area contributed by atoms with Crippen LogP contribution in [0.15, 0.2) is 42.7 Å². The molecular weight excluding hydrogens is 464 g/mol. The van der Waals surface area contributed by atoms with Gasteiger partial charge in [0, 0.05) is 13.0 Å². The minimum Gasteiger partial charge on any atom is -0.743 e. The first-order chi connectivity index (χ1) is 14.0. The minimum atomic E-state index is -6.29. The van der Waals surface area contributed by atoms with Crippen LogP contribution in [0.4, 0.5) is 26.3 Å². The van der Waals surface area contributed by atoms with E-state index >= 15 is 0 Å². The average molecular weight is 478 g/mol. The molecule has 1 aromatic carbocycles. The number of halogens is 6. The number of hydrogen-bond acceptors (Lipinski definition) is 7. The predicted molar refractivity (Wildman–Crippen MR) is 88.6 cm³/mol. The molecule has 8 nitrogen and oxygen atoms in total. The van der Waals surface area contributed by atoms with Crippen LogP contribution < -0.4 is 5.32 Å². The first-order valence-electron chi connectivity index (χ1n) is 7.97. The Morgan fingerprint density at radius 3 is 2.10 bits per heavy atom. The van der Waals surface area contributed by atoms with E-state index in [-0.39, 0.29) is 5.56 Å². The van der Waals surface area contributed by atoms with E-state index in [0.29, 0.717) is 0 Å². The second-order valence-corrected chi connectivity index (χ2v) is 7.27. The van der Waals surface area contributed by atoms with Crippen molar-refractivity contribution in [2.75, 3.05) is 6.61 Å². The smallest absolute Gasteiger partial charge is 0.466 e. The third kappa shape index (κ3) is 6.67. The Hall–Kier alpha value is -2.65. The maximum atomic E-state index is 13.6. The van der Waals surface area contributed by atoms with Crippen LogP contribution in [-0.2, 0) is 35.7 Å². The molecule has 1 aromatic rings. The molecule has 0 heterocycles. The summed E-state index contributed by atoms with van der Waals surface area (Å²) >= 11 is 0. The van der Waals surface area contributed by atoms with Crippen LogP contribution in [-0.4, -0.2) is 48.7 Å². The number of ether oxygens (including phenoxy) is 2. The maximum absolute atomic E-state index is 13.6. The molecule has 1 atom stereocenters. The van der Waals surface area contributed by atoms with Gasteiger partial charge in [0.2, 0.25) is 5.83 Å². The first-order valence-corrected chi connectivity index (χ1v) is 9.38. The van der Waals surface area contributed by atoms with Crippen LogP contribution in [0.25, 0.3) is 0 Å². The van der Waals surface area contributed by atoms with Crippen LogP contribution in [0.2, 0.25) is 0 Å². The van der Waals surface area contributed by atoms with Gasteiger partial charge in [-0.1, -0.05) is 36.9 Å². The van der Waals surface area contributed by atoms with E-state index in [0.717, 1.165) is 0 Å². The zero-order valence-electron chi connectivity index (χ0n) is 15.2. The molecule has 0 aromatic heterocycles. The number of rotatable bonds is 10. The van der Waals surface area contributed by atoms with Crippen LogP contribution >= 0.6 is 0 Å². The molecular formula is C16H14F6NO7S-. The van der Waals surface area contributed by atoms with Gasteiger partial charge in [0.05, 0.1) is 6.61 Å². The highest BCUT2D eigenvalue weighted by Crippen LogP contribution is 2.37. The molecule has 0 aliphatic rings. The molecule has 0 spiro atoms. The lowest BCUT2D eigenvalue weighted by Crippen LogP contribution is -2.61. The van der Waals surface area contributed by atoms with Crippen molar-refractivity contribution in [1.29, 1.82) is 0 Å². The summed E-state index contributed by atoms with van der Waals surface area (Å²) in [7, 11) is -6.29. The van der Waals surface area contributed by atoms with E-state index < -0.39 is 64.6 Å². The number of esters is 1. The summed E-state index contributed by atoms with van der Waals surface area (Å²) in [6.07, 6.45) is -8.08. The molecule has 1 amide bonds. The van der Waals surface area contributed by atoms with Crippen LogP contribution in [0.3, 0.4) is 0 Å². The Labute approximate surface area is 171 Å². The lowest BCUT2D eigenvalue weighted by molar-refractivity contribution is -0.348. The largest absolute Gasteiger partial charge is 0.743 e. The predicted octanol–water partition coefficient (Wildman–Crippen LogP) is 2.13. The van der Waals surface area contributed by atoms with Gasteiger partial charge in [-0.15, -0.1) is 0 Å². The number of carbonyl (C=O) groups excluding carboxylic acids is 2. The summed E-state index contributed by atoms with van der Waals surface area (Å²) in [5.74, 6) is -11.4. The highest BCUT2D eigenvalue weighted by atomic mass is 32.2. The van der Waals surface area contributed by atoms with E-state index in [1.165, 1.54) is 24.3 Å². The van der Waals surface area contributed by atoms with Gasteiger partial charge in [0.15, 0.2) is 10.1 Å². The minimum absolute atomic E-state index is 0.261. The number of alkyl halides is 5. The van der Waals surface area contributed by atoms with Crippen molar-refractivity contribution in [2.24, 2.45) is 0 Å². The van der Waals surface area contributed by atoms with Gasteiger partial charge >= 0.3 is 29.1 Å². The van der Waals surface area contributed by atoms with Crippen molar-refractivity contribution in [3.05, 3.63) is 48.3 Å². The van der Waals surface area contributed by atoms with E-state index in [2.05, 4.69) is 16.1 Å². The molecule has 0 radical (unpaired) electrons. The summed E-state index contributed by atoms with van der Waals surface area (Å²) in [4.78, 5) is 23.6. The summed E-state index contributed by atoms with van der Waals surface area (Å²) in [5.41, 5.74) is 0.261. The Morgan fingerprint density at radius 1 is 1.10 bits per heavy atom. The normalized spacial score (nSPS) is 14.4. The molecule has 0 bridgehead atoms. The topological polar surface area (TPSA) is 122 Å². The molecule has 0 fully saturated rings. The highest BCUT2D eigenvalue weighted by Gasteiger charge is 2.66. The quantitative estimate of drug-likeness (QED) is 0.180. The monoisotopic (exact) mass is 478 g/mol. The van der Waals surface area contributed by atoms with Gasteiger partial charge in [0.1, 0.15) is 0 Å². The highest BCUT2D eigenvalue weighted by molar-refractivity contribution is 7.86. The zero-order valence-corrected chi connectivity index (χ0v) is 16.1. The van der Waals surface area contributed by atoms with Crippen molar-refractivity contribution in [3.63, 3.8) is 0 Å². The molecule has 0 saturated carbocycles. The summed E-state index contributed by atoms with van der Waals surface area (Å²) < 4.78 is 119. The number of amides is 1. The van der Waals surface area contributed by atoms with Crippen LogP contribution in [0.5, 0.6) is 0 Å². The second kappa shape index (κ2) is 9.65. The first kappa shape index (κ1) is 26.4. The van der Waals surface area contributed by atoms with Crippen LogP contribution in [0, 0.1) is 0 Å². The number of hydrogen-bond donors (Lipinski definition) is 1. The molecule has 1 N–H and O–H groups in total. The van der Waals surface area contributed by atoms with E-state index in [1.807, 2.05) is 0 Å². The van der Waals surface area contributed by atoms with E-state index in [4.69, 9.17) is 0 Å². The van der Waals surface area contributed by atoms with Crippen molar-refractivity contribution in [3.8, 4) is 0 Å². The van der Waals surface area contributed by atoms with Crippen LogP contribution in [0.1, 0.15) is 12.0 Å². The van der Waals surface area contributed by atoms with Crippen molar-refractivity contribution < 1.29 is 58.4 Å². The molecule has 174 valence electrons. The third-order valence-electron chi connectivity index (χ3n) is 3.49. The summed E-state index contributed by atoms with van der Waals surface area (Å²) in [6.45, 7) is -0.0977. The van der Waals surface area contributed by atoms with Gasteiger partial charge in [-0.25, -0.2) is 13.2 Å². The Morgan fingerprint density at radius 2 is 1.65 bits per heavy atom. The van der Waals surface area contributed by atoms with Gasteiger partial charge in [0.25, 0.3) is 0 Å². The summed E-state index contributed by atoms with van der Waals surface area (Å²) in [6, 6.07) is 7.24. The standard InChI is InChI=1S/C16H15F6NO7S/c1-10(17)12(24)30-15(16(20,21)22,29-8-7-14(18,19)31(26,27)28)13(25)23-9-11-5-3-2-4-6-11/h2-6H,1,7-9H2,(H,23,25)(H,26,27,28)/p-1. The van der Waals surface area contributed by atoms with Gasteiger partial charge in [-0.05, 0) is 5.56 Å². The zero-order chi connectivity index (χ0) is 24.1. The SMILES string of the molecule is C=C(F)C(=O)OC(OCCC(F)(F)S(=O)(=O)[O-])(C(=O)NCc1ccccc1)C(F)(F)F. The third-order valence-corrected chi connectivity index (χ3v) is 4.43. The molecule has 15 heteroatoms. The number of carbonyl (C=O) groups is 2. The lowest BCUT2D eigenvalue weighted by atomic mass is 10.2. The Bertz CT molecular complexity index is 920. The van der Waals surface area contributed by atoms with Gasteiger partial charge in [-0.3, -0.25) is 4.79 Å². The van der Waals surface area contributed by atoms with Gasteiger partial charge < -0.3 is 19.3 Å². The molecule has 31 heavy (non-hydrogen) atoms. The molecule has 0 saturated heterocycles. The molecule has 1 unspecified atom stereocenters. The molecule has 0 aliphatic heterocycles. The van der Waals surface area contributed by atoms with Gasteiger partial charge in [-0.2, -0.15) is 26.3 Å². The van der Waals surface area contributed by atoms with Crippen molar-refractivity contribution >= 4 is 22.0 Å². The fraction of sp³-hybridized carbons (Fsp3) is 0.375. The average Bonchev–Trinajstić information content (AvgIpc) is 2.63. The second-order valence-electron chi connectivity index (χ2n) is 5.77.